The molecule has 1 aliphatic heterocycles. The lowest BCUT2D eigenvalue weighted by molar-refractivity contribution is -0.175. The van der Waals surface area contributed by atoms with Crippen LogP contribution in [0.5, 0.6) is 5.75 Å². The Hall–Kier alpha value is -1.77. The molecule has 0 aromatic heterocycles. The predicted molar refractivity (Wildman–Crippen MR) is 72.9 cm³/mol. The average Bonchev–Trinajstić information content (AvgIpc) is 2.92. The first-order chi connectivity index (χ1) is 9.14. The molecule has 1 aromatic carbocycles. The monoisotopic (exact) mass is 258 g/mol. The Labute approximate surface area is 113 Å². The predicted octanol–water partition coefficient (Wildman–Crippen LogP) is 3.79. The summed E-state index contributed by atoms with van der Waals surface area (Å²) in [7, 11) is 0. The number of benzene rings is 1. The molecule has 0 N–H and O–H groups in total. The number of carbonyl (C=O) groups excluding carboxylic acids is 1. The van der Waals surface area contributed by atoms with E-state index in [0.29, 0.717) is 11.3 Å². The fourth-order valence-corrected chi connectivity index (χ4v) is 3.11. The van der Waals surface area contributed by atoms with Gasteiger partial charge in [-0.25, -0.2) is 4.79 Å². The van der Waals surface area contributed by atoms with Crippen molar-refractivity contribution in [3.8, 4) is 5.75 Å². The van der Waals surface area contributed by atoms with Gasteiger partial charge in [0.15, 0.2) is 0 Å². The van der Waals surface area contributed by atoms with E-state index in [9.17, 15) is 4.79 Å². The van der Waals surface area contributed by atoms with Crippen molar-refractivity contribution < 1.29 is 14.3 Å². The lowest BCUT2D eigenvalue weighted by Crippen LogP contribution is -2.47. The maximum Gasteiger partial charge on any atom is 0.345 e. The third kappa shape index (κ3) is 1.93. The molecule has 100 valence electrons. The molecule has 0 radical (unpaired) electrons. The maximum atomic E-state index is 12.3. The highest BCUT2D eigenvalue weighted by atomic mass is 16.7. The second-order valence-corrected chi connectivity index (χ2v) is 5.41. The average molecular weight is 258 g/mol. The van der Waals surface area contributed by atoms with E-state index in [1.807, 2.05) is 25.1 Å². The molecule has 0 saturated heterocycles. The van der Waals surface area contributed by atoms with E-state index in [1.165, 1.54) is 12.8 Å². The van der Waals surface area contributed by atoms with Crippen LogP contribution >= 0.6 is 0 Å². The van der Waals surface area contributed by atoms with Crippen molar-refractivity contribution in [2.45, 2.75) is 38.4 Å². The zero-order valence-corrected chi connectivity index (χ0v) is 11.1. The Morgan fingerprint density at radius 1 is 1.32 bits per heavy atom. The highest BCUT2D eigenvalue weighted by Crippen LogP contribution is 2.42. The number of esters is 1. The van der Waals surface area contributed by atoms with Gasteiger partial charge in [-0.15, -0.1) is 0 Å². The quantitative estimate of drug-likeness (QED) is 0.757. The van der Waals surface area contributed by atoms with Crippen molar-refractivity contribution in [2.24, 2.45) is 5.92 Å². The summed E-state index contributed by atoms with van der Waals surface area (Å²) in [4.78, 5) is 12.3. The summed E-state index contributed by atoms with van der Waals surface area (Å²) >= 11 is 0. The molecule has 0 spiro atoms. The zero-order chi connectivity index (χ0) is 13.5. The van der Waals surface area contributed by atoms with E-state index in [2.05, 4.69) is 6.58 Å². The van der Waals surface area contributed by atoms with Crippen LogP contribution in [0.25, 0.3) is 6.08 Å². The first-order valence-electron chi connectivity index (χ1n) is 6.82. The van der Waals surface area contributed by atoms with Gasteiger partial charge in [-0.3, -0.25) is 0 Å². The molecule has 3 rings (SSSR count). The standard InChI is InChI=1S/C16H18O3/c1-3-11-7-6-10-13-14(11)15(17)19-16(2,18-13)12-8-4-5-9-12/h3,6-7,10,12H,1,4-5,8-9H2,2H3. The second-order valence-electron chi connectivity index (χ2n) is 5.41. The summed E-state index contributed by atoms with van der Waals surface area (Å²) in [6, 6.07) is 5.55. The minimum absolute atomic E-state index is 0.289. The number of carbonyl (C=O) groups is 1. The highest BCUT2D eigenvalue weighted by molar-refractivity contribution is 5.97. The summed E-state index contributed by atoms with van der Waals surface area (Å²) in [5.74, 6) is -0.216. The molecule has 1 aliphatic carbocycles. The summed E-state index contributed by atoms with van der Waals surface area (Å²) in [6.07, 6.45) is 6.13. The third-order valence-electron chi connectivity index (χ3n) is 4.19. The van der Waals surface area contributed by atoms with Crippen LogP contribution in [0.15, 0.2) is 24.8 Å². The number of hydrogen-bond acceptors (Lipinski definition) is 3. The number of fused-ring (bicyclic) bond motifs is 1. The topological polar surface area (TPSA) is 35.5 Å². The molecule has 1 fully saturated rings. The van der Waals surface area contributed by atoms with Crippen LogP contribution in [0.4, 0.5) is 0 Å². The summed E-state index contributed by atoms with van der Waals surface area (Å²) in [5, 5.41) is 0. The lowest BCUT2D eigenvalue weighted by atomic mass is 9.96. The minimum atomic E-state index is -0.819. The molecular weight excluding hydrogens is 240 g/mol. The normalized spacial score (nSPS) is 26.5. The molecule has 2 aliphatic rings. The molecule has 0 bridgehead atoms. The summed E-state index contributed by atoms with van der Waals surface area (Å²) in [5.41, 5.74) is 1.25. The molecule has 1 aromatic rings. The van der Waals surface area contributed by atoms with Crippen LogP contribution in [0.3, 0.4) is 0 Å². The van der Waals surface area contributed by atoms with Crippen molar-refractivity contribution in [1.29, 1.82) is 0 Å². The Morgan fingerprint density at radius 2 is 2.05 bits per heavy atom. The highest BCUT2D eigenvalue weighted by Gasteiger charge is 2.46. The van der Waals surface area contributed by atoms with E-state index < -0.39 is 5.79 Å². The summed E-state index contributed by atoms with van der Waals surface area (Å²) in [6.45, 7) is 5.60. The first-order valence-corrected chi connectivity index (χ1v) is 6.82. The molecule has 19 heavy (non-hydrogen) atoms. The molecular formula is C16H18O3. The van der Waals surface area contributed by atoms with Gasteiger partial charge in [0, 0.05) is 12.8 Å². The maximum absolute atomic E-state index is 12.3. The van der Waals surface area contributed by atoms with Crippen molar-refractivity contribution >= 4 is 12.0 Å². The Bertz CT molecular complexity index is 529. The lowest BCUT2D eigenvalue weighted by Gasteiger charge is -2.39. The number of ether oxygens (including phenoxy) is 2. The number of hydrogen-bond donors (Lipinski definition) is 0. The van der Waals surface area contributed by atoms with Crippen LogP contribution in [0, 0.1) is 5.92 Å². The minimum Gasteiger partial charge on any atom is -0.451 e. The Balaban J connectivity index is 2.00. The summed E-state index contributed by atoms with van der Waals surface area (Å²) < 4.78 is 11.6. The van der Waals surface area contributed by atoms with Gasteiger partial charge in [0.25, 0.3) is 5.79 Å². The van der Waals surface area contributed by atoms with Gasteiger partial charge in [-0.05, 0) is 24.5 Å². The number of rotatable bonds is 2. The van der Waals surface area contributed by atoms with Crippen LogP contribution in [-0.4, -0.2) is 11.8 Å². The number of cyclic esters (lactones) is 1. The fraction of sp³-hybridized carbons (Fsp3) is 0.438. The third-order valence-corrected chi connectivity index (χ3v) is 4.19. The van der Waals surface area contributed by atoms with Crippen molar-refractivity contribution in [1.82, 2.24) is 0 Å². The van der Waals surface area contributed by atoms with Crippen LogP contribution in [0.1, 0.15) is 48.5 Å². The molecule has 0 amide bonds. The van der Waals surface area contributed by atoms with E-state index >= 15 is 0 Å². The van der Waals surface area contributed by atoms with Crippen molar-refractivity contribution in [2.75, 3.05) is 0 Å². The van der Waals surface area contributed by atoms with Crippen molar-refractivity contribution in [3.05, 3.63) is 35.9 Å². The molecule has 1 atom stereocenters. The molecule has 1 unspecified atom stereocenters. The zero-order valence-electron chi connectivity index (χ0n) is 11.1. The smallest absolute Gasteiger partial charge is 0.345 e. The first kappa shape index (κ1) is 12.3. The van der Waals surface area contributed by atoms with Gasteiger partial charge in [0.1, 0.15) is 11.3 Å². The van der Waals surface area contributed by atoms with Gasteiger partial charge >= 0.3 is 5.97 Å². The Kier molecular flexibility index (Phi) is 2.85. The SMILES string of the molecule is C=Cc1cccc2c1C(=O)OC(C)(C1CCCC1)O2. The van der Waals surface area contributed by atoms with Gasteiger partial charge in [0.05, 0.1) is 0 Å². The molecule has 1 heterocycles. The van der Waals surface area contributed by atoms with E-state index in [4.69, 9.17) is 9.47 Å². The van der Waals surface area contributed by atoms with Crippen molar-refractivity contribution in [3.63, 3.8) is 0 Å². The van der Waals surface area contributed by atoms with Gasteiger partial charge in [-0.1, -0.05) is 37.6 Å². The molecule has 3 nitrogen and oxygen atoms in total. The van der Waals surface area contributed by atoms with Crippen LogP contribution in [-0.2, 0) is 4.74 Å². The van der Waals surface area contributed by atoms with E-state index in [0.717, 1.165) is 18.4 Å². The van der Waals surface area contributed by atoms with Crippen LogP contribution < -0.4 is 4.74 Å². The second kappa shape index (κ2) is 4.41. The largest absolute Gasteiger partial charge is 0.451 e. The van der Waals surface area contributed by atoms with Gasteiger partial charge < -0.3 is 9.47 Å². The van der Waals surface area contributed by atoms with Gasteiger partial charge in [0.2, 0.25) is 0 Å². The fourth-order valence-electron chi connectivity index (χ4n) is 3.11. The molecule has 3 heteroatoms. The van der Waals surface area contributed by atoms with E-state index in [-0.39, 0.29) is 11.9 Å². The molecule has 1 saturated carbocycles. The van der Waals surface area contributed by atoms with Crippen LogP contribution in [0.2, 0.25) is 0 Å². The van der Waals surface area contributed by atoms with E-state index in [1.54, 1.807) is 6.08 Å². The van der Waals surface area contributed by atoms with Gasteiger partial charge in [-0.2, -0.15) is 0 Å². The Morgan fingerprint density at radius 3 is 2.74 bits per heavy atom.